The molecule has 0 saturated carbocycles. The van der Waals surface area contributed by atoms with Gasteiger partial charge in [0.05, 0.1) is 12.0 Å². The van der Waals surface area contributed by atoms with Crippen LogP contribution < -0.4 is 5.73 Å². The van der Waals surface area contributed by atoms with Crippen molar-refractivity contribution in [1.82, 2.24) is 19.5 Å². The number of nitrogens with zero attached hydrogens (tertiary/aromatic N) is 4. The Morgan fingerprint density at radius 3 is 2.81 bits per heavy atom. The second-order valence-corrected chi connectivity index (χ2v) is 9.86. The van der Waals surface area contributed by atoms with Crippen molar-refractivity contribution in [3.8, 4) is 22.0 Å². The number of thiophene rings is 1. The van der Waals surface area contributed by atoms with Gasteiger partial charge in [0.25, 0.3) is 0 Å². The van der Waals surface area contributed by atoms with Crippen LogP contribution in [0.2, 0.25) is 0 Å². The molecule has 27 heavy (non-hydrogen) atoms. The minimum absolute atomic E-state index is 0.559. The fourth-order valence-corrected chi connectivity index (χ4v) is 6.24. The van der Waals surface area contributed by atoms with Crippen molar-refractivity contribution in [2.75, 3.05) is 11.5 Å². The molecule has 0 aliphatic carbocycles. The van der Waals surface area contributed by atoms with E-state index in [1.54, 1.807) is 12.5 Å². The van der Waals surface area contributed by atoms with Gasteiger partial charge < -0.3 is 14.9 Å². The Bertz CT molecular complexity index is 1070. The van der Waals surface area contributed by atoms with Crippen molar-refractivity contribution in [2.45, 2.75) is 24.0 Å². The fraction of sp³-hybridized carbons (Fsp3) is 0.278. The first kappa shape index (κ1) is 18.4. The number of imidazole rings is 1. The van der Waals surface area contributed by atoms with E-state index in [2.05, 4.69) is 16.9 Å². The molecule has 0 aromatic carbocycles. The normalized spacial score (nSPS) is 12.7. The van der Waals surface area contributed by atoms with E-state index in [0.29, 0.717) is 15.6 Å². The monoisotopic (exact) mass is 417 g/mol. The zero-order chi connectivity index (χ0) is 19.0. The molecule has 0 fully saturated rings. The largest absolute Gasteiger partial charge is 0.611 e. The molecule has 9 heteroatoms. The zero-order valence-electron chi connectivity index (χ0n) is 15.0. The molecule has 6 nitrogen and oxygen atoms in total. The summed E-state index contributed by atoms with van der Waals surface area (Å²) in [7, 11) is 1.93. The van der Waals surface area contributed by atoms with Crippen molar-refractivity contribution in [2.24, 2.45) is 7.05 Å². The summed E-state index contributed by atoms with van der Waals surface area (Å²) >= 11 is 1.84. The van der Waals surface area contributed by atoms with Crippen LogP contribution in [-0.4, -0.2) is 29.8 Å². The quantitative estimate of drug-likeness (QED) is 0.472. The number of nitrogen functional groups attached to an aromatic ring is 1. The second kappa shape index (κ2) is 7.59. The number of anilines is 1. The van der Waals surface area contributed by atoms with Crippen LogP contribution in [0, 0.1) is 0 Å². The van der Waals surface area contributed by atoms with Crippen LogP contribution in [0.3, 0.4) is 0 Å². The van der Waals surface area contributed by atoms with Crippen LogP contribution in [-0.2, 0) is 18.2 Å². The maximum absolute atomic E-state index is 12.7. The lowest BCUT2D eigenvalue weighted by molar-refractivity contribution is 0.594. The van der Waals surface area contributed by atoms with Crippen molar-refractivity contribution < 1.29 is 4.55 Å². The van der Waals surface area contributed by atoms with E-state index >= 15 is 0 Å². The highest BCUT2D eigenvalue weighted by molar-refractivity contribution is 7.93. The Balaban J connectivity index is 1.93. The van der Waals surface area contributed by atoms with Gasteiger partial charge in [0.15, 0.2) is 0 Å². The predicted octanol–water partition coefficient (Wildman–Crippen LogP) is 4.31. The van der Waals surface area contributed by atoms with Gasteiger partial charge in [0, 0.05) is 35.8 Å². The van der Waals surface area contributed by atoms with Gasteiger partial charge in [-0.25, -0.2) is 15.0 Å². The first-order valence-corrected chi connectivity index (χ1v) is 11.6. The third kappa shape index (κ3) is 3.47. The lowest BCUT2D eigenvalue weighted by Gasteiger charge is -2.08. The molecule has 4 heterocycles. The molecule has 0 saturated heterocycles. The first-order valence-electron chi connectivity index (χ1n) is 8.58. The molecular formula is C18H19N5OS3. The Kier molecular flexibility index (Phi) is 5.18. The minimum atomic E-state index is -1.12. The SMILES string of the molecule is CCCC[S+]([O-])c1sc2nc(-c3nccs3)cc(-c3cn(C)cn3)c2c1N. The van der Waals surface area contributed by atoms with Crippen LogP contribution in [0.1, 0.15) is 19.8 Å². The topological polar surface area (TPSA) is 92.7 Å². The van der Waals surface area contributed by atoms with Gasteiger partial charge >= 0.3 is 0 Å². The highest BCUT2D eigenvalue weighted by atomic mass is 32.2. The van der Waals surface area contributed by atoms with E-state index in [-0.39, 0.29) is 0 Å². The summed E-state index contributed by atoms with van der Waals surface area (Å²) in [5, 5.41) is 3.60. The molecule has 0 spiro atoms. The number of hydrogen-bond donors (Lipinski definition) is 1. The Morgan fingerprint density at radius 2 is 2.15 bits per heavy atom. The standard InChI is InChI=1S/C18H19N5OS3/c1-3-4-7-27(24)18-15(19)14-11(13-9-23(2)10-21-13)8-12(22-17(14)26-18)16-20-5-6-25-16/h5-6,8-10H,3-4,7,19H2,1-2H3. The summed E-state index contributed by atoms with van der Waals surface area (Å²) in [6.45, 7) is 2.09. The molecular weight excluding hydrogens is 398 g/mol. The van der Waals surface area contributed by atoms with Crippen LogP contribution in [0.5, 0.6) is 0 Å². The number of hydrogen-bond acceptors (Lipinski definition) is 7. The molecule has 4 aromatic rings. The molecule has 1 atom stereocenters. The van der Waals surface area contributed by atoms with Crippen molar-refractivity contribution in [1.29, 1.82) is 0 Å². The van der Waals surface area contributed by atoms with E-state index in [1.807, 2.05) is 29.3 Å². The van der Waals surface area contributed by atoms with Gasteiger partial charge in [-0.3, -0.25) is 0 Å². The van der Waals surface area contributed by atoms with Gasteiger partial charge in [0.2, 0.25) is 4.21 Å². The highest BCUT2D eigenvalue weighted by Crippen LogP contribution is 2.43. The van der Waals surface area contributed by atoms with Crippen LogP contribution in [0.25, 0.3) is 32.2 Å². The molecule has 1 unspecified atom stereocenters. The number of aromatic nitrogens is 4. The van der Waals surface area contributed by atoms with Crippen LogP contribution in [0.15, 0.2) is 34.4 Å². The molecule has 0 amide bonds. The van der Waals surface area contributed by atoms with E-state index in [4.69, 9.17) is 10.7 Å². The van der Waals surface area contributed by atoms with Gasteiger partial charge in [0.1, 0.15) is 27.0 Å². The third-order valence-electron chi connectivity index (χ3n) is 4.19. The van der Waals surface area contributed by atoms with Crippen molar-refractivity contribution in [3.05, 3.63) is 30.2 Å². The lowest BCUT2D eigenvalue weighted by atomic mass is 10.1. The van der Waals surface area contributed by atoms with Crippen molar-refractivity contribution >= 4 is 49.8 Å². The molecule has 4 aromatic heterocycles. The highest BCUT2D eigenvalue weighted by Gasteiger charge is 2.25. The number of thiazole rings is 1. The number of rotatable bonds is 6. The number of fused-ring (bicyclic) bond motifs is 1. The van der Waals surface area contributed by atoms with Gasteiger partial charge in [-0.1, -0.05) is 24.7 Å². The number of aryl methyl sites for hydroxylation is 1. The van der Waals surface area contributed by atoms with E-state index in [0.717, 1.165) is 45.0 Å². The summed E-state index contributed by atoms with van der Waals surface area (Å²) < 4.78 is 15.3. The van der Waals surface area contributed by atoms with Gasteiger partial charge in [-0.05, 0) is 23.7 Å². The number of pyridine rings is 1. The molecule has 140 valence electrons. The second-order valence-electron chi connectivity index (χ2n) is 6.20. The van der Waals surface area contributed by atoms with E-state index in [1.165, 1.54) is 22.7 Å². The summed E-state index contributed by atoms with van der Waals surface area (Å²) in [4.78, 5) is 14.4. The fourth-order valence-electron chi connectivity index (χ4n) is 2.85. The summed E-state index contributed by atoms with van der Waals surface area (Å²) in [5.74, 6) is 0.617. The molecule has 0 aliphatic heterocycles. The smallest absolute Gasteiger partial charge is 0.232 e. The maximum atomic E-state index is 12.7. The zero-order valence-corrected chi connectivity index (χ0v) is 17.5. The van der Waals surface area contributed by atoms with Crippen LogP contribution >= 0.6 is 22.7 Å². The van der Waals surface area contributed by atoms with Crippen LogP contribution in [0.4, 0.5) is 5.69 Å². The molecule has 2 N–H and O–H groups in total. The number of unbranched alkanes of at least 4 members (excludes halogenated alkanes) is 1. The maximum Gasteiger partial charge on any atom is 0.232 e. The molecule has 0 bridgehead atoms. The molecule has 0 aliphatic rings. The predicted molar refractivity (Wildman–Crippen MR) is 114 cm³/mol. The van der Waals surface area contributed by atoms with Crippen molar-refractivity contribution in [3.63, 3.8) is 0 Å². The molecule has 0 radical (unpaired) electrons. The summed E-state index contributed by atoms with van der Waals surface area (Å²) in [6.07, 6.45) is 7.38. The van der Waals surface area contributed by atoms with E-state index < -0.39 is 11.2 Å². The first-order chi connectivity index (χ1) is 13.1. The lowest BCUT2D eigenvalue weighted by Crippen LogP contribution is -2.06. The Morgan fingerprint density at radius 1 is 1.30 bits per heavy atom. The Labute approximate surface area is 168 Å². The summed E-state index contributed by atoms with van der Waals surface area (Å²) in [6, 6.07) is 1.98. The third-order valence-corrected chi connectivity index (χ3v) is 7.98. The average molecular weight is 418 g/mol. The Hall–Kier alpha value is -1.94. The summed E-state index contributed by atoms with van der Waals surface area (Å²) in [5.41, 5.74) is 9.52. The average Bonchev–Trinajstić information content (AvgIpc) is 3.39. The van der Waals surface area contributed by atoms with Gasteiger partial charge in [-0.2, -0.15) is 0 Å². The van der Waals surface area contributed by atoms with Gasteiger partial charge in [-0.15, -0.1) is 11.3 Å². The molecule has 4 rings (SSSR count). The minimum Gasteiger partial charge on any atom is -0.611 e. The van der Waals surface area contributed by atoms with E-state index in [9.17, 15) is 4.55 Å². The number of nitrogens with two attached hydrogens (primary N) is 1.